The molecule has 39 heavy (non-hydrogen) atoms. The predicted molar refractivity (Wildman–Crippen MR) is 141 cm³/mol. The molecular formula is C27H23FN6O5. The molecule has 11 nitrogen and oxygen atoms in total. The Morgan fingerprint density at radius 3 is 2.67 bits per heavy atom. The molecule has 0 atom stereocenters. The van der Waals surface area contributed by atoms with E-state index >= 15 is 4.39 Å². The molecule has 5 rings (SSSR count). The van der Waals surface area contributed by atoms with Crippen LogP contribution in [0.1, 0.15) is 38.8 Å². The fourth-order valence-corrected chi connectivity index (χ4v) is 4.37. The van der Waals surface area contributed by atoms with Crippen molar-refractivity contribution in [1.29, 1.82) is 0 Å². The smallest absolute Gasteiger partial charge is 0.397 e. The second kappa shape index (κ2) is 9.39. The Morgan fingerprint density at radius 2 is 1.97 bits per heavy atom. The van der Waals surface area contributed by atoms with Gasteiger partial charge in [-0.15, -0.1) is 0 Å². The molecule has 0 amide bonds. The molecule has 1 N–H and O–H groups in total. The Morgan fingerprint density at radius 1 is 1.21 bits per heavy atom. The fraction of sp³-hybridized carbons (Fsp3) is 0.222. The largest absolute Gasteiger partial charge is 0.461 e. The van der Waals surface area contributed by atoms with Crippen molar-refractivity contribution in [2.75, 3.05) is 0 Å². The van der Waals surface area contributed by atoms with Crippen molar-refractivity contribution < 1.29 is 18.8 Å². The third-order valence-corrected chi connectivity index (χ3v) is 6.38. The summed E-state index contributed by atoms with van der Waals surface area (Å²) in [5, 5.41) is 22.5. The summed E-state index contributed by atoms with van der Waals surface area (Å²) in [6.45, 7) is 6.81. The number of carbonyl (C=O) groups is 1. The first kappa shape index (κ1) is 25.6. The molecule has 3 heterocycles. The van der Waals surface area contributed by atoms with E-state index in [0.717, 1.165) is 10.2 Å². The fourth-order valence-electron chi connectivity index (χ4n) is 4.37. The molecule has 2 aromatic carbocycles. The number of H-pyrrole nitrogens is 1. The molecule has 0 bridgehead atoms. The molecule has 0 radical (unpaired) electrons. The molecule has 0 saturated heterocycles. The number of benzene rings is 2. The number of fused-ring (bicyclic) bond motifs is 2. The highest BCUT2D eigenvalue weighted by atomic mass is 19.1. The Hall–Kier alpha value is -5.00. The molecule has 0 spiro atoms. The molecule has 5 aromatic rings. The van der Waals surface area contributed by atoms with Gasteiger partial charge >= 0.3 is 11.8 Å². The number of carbonyl (C=O) groups excluding carboxylic acids is 1. The first-order valence-electron chi connectivity index (χ1n) is 11.9. The third kappa shape index (κ3) is 4.60. The van der Waals surface area contributed by atoms with Gasteiger partial charge in [0, 0.05) is 23.4 Å². The van der Waals surface area contributed by atoms with Gasteiger partial charge in [0.05, 0.1) is 34.3 Å². The van der Waals surface area contributed by atoms with E-state index in [9.17, 15) is 19.7 Å². The van der Waals surface area contributed by atoms with Crippen LogP contribution in [-0.4, -0.2) is 35.9 Å². The van der Waals surface area contributed by atoms with Crippen LogP contribution in [0.3, 0.4) is 0 Å². The van der Waals surface area contributed by atoms with E-state index in [4.69, 9.17) is 4.74 Å². The zero-order valence-corrected chi connectivity index (χ0v) is 21.5. The van der Waals surface area contributed by atoms with Crippen molar-refractivity contribution in [1.82, 2.24) is 25.0 Å². The van der Waals surface area contributed by atoms with Gasteiger partial charge < -0.3 is 14.9 Å². The van der Waals surface area contributed by atoms with Crippen LogP contribution in [0.15, 0.2) is 53.6 Å². The van der Waals surface area contributed by atoms with Gasteiger partial charge in [0.2, 0.25) is 0 Å². The number of aromatic amines is 1. The summed E-state index contributed by atoms with van der Waals surface area (Å²) in [7, 11) is 0. The Balaban J connectivity index is 1.74. The molecule has 0 aliphatic rings. The standard InChI is InChI=1S/C27H23FN6O5/c1-14(35)39-13-19-17(21-10-18-22(12-29-21)31-32-25(18)34(37)38)6-5-7-23(19)33-26(36)24-15(11-30-33)8-16(9-20(24)28)27(2,3)4/h5-12H,13H2,1-4H3,(H,31,32). The quantitative estimate of drug-likeness (QED) is 0.195. The number of nitrogens with one attached hydrogen (secondary N) is 1. The Bertz CT molecular complexity index is 1850. The Kier molecular flexibility index (Phi) is 6.17. The van der Waals surface area contributed by atoms with Crippen LogP contribution < -0.4 is 5.56 Å². The van der Waals surface area contributed by atoms with E-state index in [2.05, 4.69) is 20.3 Å². The second-order valence-electron chi connectivity index (χ2n) is 10.0. The van der Waals surface area contributed by atoms with Gasteiger partial charge in [-0.2, -0.15) is 14.9 Å². The average Bonchev–Trinajstić information content (AvgIpc) is 3.30. The highest BCUT2D eigenvalue weighted by Gasteiger charge is 2.23. The summed E-state index contributed by atoms with van der Waals surface area (Å²) < 4.78 is 21.6. The van der Waals surface area contributed by atoms with E-state index in [1.807, 2.05) is 20.8 Å². The molecule has 0 aliphatic carbocycles. The highest BCUT2D eigenvalue weighted by Crippen LogP contribution is 2.32. The number of aromatic nitrogens is 5. The number of nitrogens with zero attached hydrogens (tertiary/aromatic N) is 5. The predicted octanol–water partition coefficient (Wildman–Crippen LogP) is 4.73. The lowest BCUT2D eigenvalue weighted by Crippen LogP contribution is -2.24. The number of hydrogen-bond donors (Lipinski definition) is 1. The summed E-state index contributed by atoms with van der Waals surface area (Å²) in [6.07, 6.45) is 2.81. The van der Waals surface area contributed by atoms with E-state index in [0.29, 0.717) is 27.7 Å². The molecular weight excluding hydrogens is 507 g/mol. The minimum atomic E-state index is -0.694. The van der Waals surface area contributed by atoms with Crippen molar-refractivity contribution in [2.45, 2.75) is 39.7 Å². The minimum Gasteiger partial charge on any atom is -0.461 e. The van der Waals surface area contributed by atoms with Gasteiger partial charge in [0.15, 0.2) is 0 Å². The Labute approximate surface area is 220 Å². The number of esters is 1. The van der Waals surface area contributed by atoms with Crippen molar-refractivity contribution in [3.63, 3.8) is 0 Å². The van der Waals surface area contributed by atoms with Crippen molar-refractivity contribution in [3.8, 4) is 16.9 Å². The molecule has 0 unspecified atom stereocenters. The van der Waals surface area contributed by atoms with Gasteiger partial charge in [0.1, 0.15) is 23.3 Å². The zero-order chi connectivity index (χ0) is 28.1. The van der Waals surface area contributed by atoms with Crippen LogP contribution in [0, 0.1) is 15.9 Å². The summed E-state index contributed by atoms with van der Waals surface area (Å²) in [5.41, 5.74) is 1.39. The van der Waals surface area contributed by atoms with Crippen molar-refractivity contribution >= 4 is 33.5 Å². The number of halogens is 1. The molecule has 0 aliphatic heterocycles. The lowest BCUT2D eigenvalue weighted by atomic mass is 9.86. The van der Waals surface area contributed by atoms with Crippen LogP contribution in [0.2, 0.25) is 0 Å². The van der Waals surface area contributed by atoms with E-state index in [1.54, 1.807) is 24.3 Å². The van der Waals surface area contributed by atoms with Crippen LogP contribution in [-0.2, 0) is 21.6 Å². The summed E-state index contributed by atoms with van der Waals surface area (Å²) in [6, 6.07) is 9.46. The highest BCUT2D eigenvalue weighted by molar-refractivity contribution is 5.89. The van der Waals surface area contributed by atoms with E-state index in [1.165, 1.54) is 31.5 Å². The van der Waals surface area contributed by atoms with Crippen molar-refractivity contribution in [3.05, 3.63) is 86.2 Å². The van der Waals surface area contributed by atoms with Gasteiger partial charge in [-0.3, -0.25) is 14.6 Å². The number of nitro groups is 1. The summed E-state index contributed by atoms with van der Waals surface area (Å²) >= 11 is 0. The van der Waals surface area contributed by atoms with Gasteiger partial charge in [-0.25, -0.2) is 4.39 Å². The van der Waals surface area contributed by atoms with Gasteiger partial charge in [-0.05, 0) is 40.2 Å². The van der Waals surface area contributed by atoms with Crippen LogP contribution in [0.25, 0.3) is 38.6 Å². The first-order chi connectivity index (χ1) is 18.5. The lowest BCUT2D eigenvalue weighted by molar-refractivity contribution is -0.387. The first-order valence-corrected chi connectivity index (χ1v) is 11.9. The number of pyridine rings is 1. The van der Waals surface area contributed by atoms with Crippen LogP contribution >= 0.6 is 0 Å². The lowest BCUT2D eigenvalue weighted by Gasteiger charge is -2.20. The molecule has 198 valence electrons. The topological polar surface area (TPSA) is 146 Å². The monoisotopic (exact) mass is 530 g/mol. The summed E-state index contributed by atoms with van der Waals surface area (Å²) in [4.78, 5) is 40.5. The average molecular weight is 531 g/mol. The number of rotatable bonds is 5. The van der Waals surface area contributed by atoms with E-state index < -0.39 is 22.3 Å². The SMILES string of the molecule is CC(=O)OCc1c(-c2cc3c([N+](=O)[O-])n[nH]c3cn2)cccc1-n1ncc2cc(C(C)(C)C)cc(F)c2c1=O. The van der Waals surface area contributed by atoms with Gasteiger partial charge in [-0.1, -0.05) is 32.9 Å². The molecule has 12 heteroatoms. The molecule has 0 saturated carbocycles. The van der Waals surface area contributed by atoms with Crippen LogP contribution in [0.4, 0.5) is 10.2 Å². The van der Waals surface area contributed by atoms with E-state index in [-0.39, 0.29) is 34.3 Å². The maximum Gasteiger partial charge on any atom is 0.397 e. The molecule has 0 fully saturated rings. The zero-order valence-electron chi connectivity index (χ0n) is 21.5. The number of hydrogen-bond acceptors (Lipinski definition) is 8. The number of ether oxygens (including phenoxy) is 1. The maximum atomic E-state index is 15.3. The van der Waals surface area contributed by atoms with Crippen LogP contribution in [0.5, 0.6) is 0 Å². The second-order valence-corrected chi connectivity index (χ2v) is 10.0. The molecule has 3 aromatic heterocycles. The third-order valence-electron chi connectivity index (χ3n) is 6.38. The summed E-state index contributed by atoms with van der Waals surface area (Å²) in [5.74, 6) is -1.61. The minimum absolute atomic E-state index is 0.129. The van der Waals surface area contributed by atoms with Crippen molar-refractivity contribution in [2.24, 2.45) is 0 Å². The van der Waals surface area contributed by atoms with Gasteiger partial charge in [0.25, 0.3) is 5.56 Å². The maximum absolute atomic E-state index is 15.3. The normalized spacial score (nSPS) is 11.7.